The summed E-state index contributed by atoms with van der Waals surface area (Å²) in [5.41, 5.74) is 9.54. The highest BCUT2D eigenvalue weighted by atomic mass is 16.5. The molecule has 0 aliphatic rings. The molecule has 0 unspecified atom stereocenters. The Labute approximate surface area is 173 Å². The van der Waals surface area contributed by atoms with Crippen LogP contribution in [0.3, 0.4) is 0 Å². The van der Waals surface area contributed by atoms with Crippen LogP contribution in [0, 0.1) is 13.8 Å². The van der Waals surface area contributed by atoms with Crippen molar-refractivity contribution in [3.63, 3.8) is 0 Å². The molecule has 0 bridgehead atoms. The molecule has 1 aromatic carbocycles. The summed E-state index contributed by atoms with van der Waals surface area (Å²) in [7, 11) is 1.48. The van der Waals surface area contributed by atoms with Gasteiger partial charge >= 0.3 is 0 Å². The van der Waals surface area contributed by atoms with Crippen molar-refractivity contribution in [2.45, 2.75) is 13.8 Å². The average Bonchev–Trinajstić information content (AvgIpc) is 2.76. The summed E-state index contributed by atoms with van der Waals surface area (Å²) in [6, 6.07) is 12.6. The summed E-state index contributed by atoms with van der Waals surface area (Å²) >= 11 is 0. The number of primary amides is 1. The van der Waals surface area contributed by atoms with Crippen molar-refractivity contribution in [1.82, 2.24) is 15.0 Å². The minimum absolute atomic E-state index is 0.261. The number of aryl methyl sites for hydroxylation is 2. The number of hydrogen-bond donors (Lipinski definition) is 1. The number of carbonyl (C=O) groups is 1. The number of nitrogens with zero attached hydrogens (tertiary/aromatic N) is 3. The van der Waals surface area contributed by atoms with E-state index in [-0.39, 0.29) is 5.56 Å². The fourth-order valence-corrected chi connectivity index (χ4v) is 3.16. The van der Waals surface area contributed by atoms with Crippen LogP contribution in [0.2, 0.25) is 0 Å². The number of fused-ring (bicyclic) bond motifs is 1. The van der Waals surface area contributed by atoms with Gasteiger partial charge in [0.05, 0.1) is 23.9 Å². The van der Waals surface area contributed by atoms with E-state index in [9.17, 15) is 4.79 Å². The predicted molar refractivity (Wildman–Crippen MR) is 114 cm³/mol. The number of amides is 1. The second-order valence-electron chi connectivity index (χ2n) is 6.80. The maximum Gasteiger partial charge on any atom is 0.252 e. The lowest BCUT2D eigenvalue weighted by Gasteiger charge is -2.15. The number of hydrogen-bond acceptors (Lipinski definition) is 6. The first-order valence-corrected chi connectivity index (χ1v) is 9.32. The molecule has 0 aliphatic carbocycles. The monoisotopic (exact) mass is 400 g/mol. The molecular formula is C23H20N4O3. The Morgan fingerprint density at radius 2 is 1.80 bits per heavy atom. The van der Waals surface area contributed by atoms with E-state index in [4.69, 9.17) is 20.2 Å². The number of ether oxygens (including phenoxy) is 2. The summed E-state index contributed by atoms with van der Waals surface area (Å²) in [6.45, 7) is 3.92. The molecule has 2 N–H and O–H groups in total. The molecule has 0 saturated heterocycles. The molecular weight excluding hydrogens is 380 g/mol. The number of methoxy groups -OCH3 is 1. The van der Waals surface area contributed by atoms with Crippen molar-refractivity contribution in [3.05, 3.63) is 71.7 Å². The highest BCUT2D eigenvalue weighted by molar-refractivity contribution is 6.01. The first-order valence-electron chi connectivity index (χ1n) is 9.32. The van der Waals surface area contributed by atoms with Gasteiger partial charge in [0, 0.05) is 23.5 Å². The van der Waals surface area contributed by atoms with Crippen LogP contribution in [0.5, 0.6) is 17.2 Å². The van der Waals surface area contributed by atoms with Crippen molar-refractivity contribution in [2.24, 2.45) is 5.73 Å². The van der Waals surface area contributed by atoms with E-state index in [0.29, 0.717) is 39.5 Å². The van der Waals surface area contributed by atoms with E-state index >= 15 is 0 Å². The fourth-order valence-electron chi connectivity index (χ4n) is 3.16. The second-order valence-corrected chi connectivity index (χ2v) is 6.80. The number of carbonyl (C=O) groups excluding carboxylic acids is 1. The number of pyridine rings is 3. The molecule has 4 rings (SSSR count). The Morgan fingerprint density at radius 1 is 0.967 bits per heavy atom. The van der Waals surface area contributed by atoms with Gasteiger partial charge in [-0.1, -0.05) is 6.07 Å². The maximum absolute atomic E-state index is 11.7. The van der Waals surface area contributed by atoms with E-state index in [1.165, 1.54) is 7.11 Å². The van der Waals surface area contributed by atoms with Crippen molar-refractivity contribution in [2.75, 3.05) is 7.11 Å². The average molecular weight is 400 g/mol. The van der Waals surface area contributed by atoms with Gasteiger partial charge in [0.2, 0.25) is 0 Å². The standard InChI is InChI=1S/C23H20N4O3/c1-13-10-21(22(27-14(13)2)17-6-4-5-8-25-17)30-19-7-9-26-18-11-16(23(24)28)20(29-3)12-15(18)19/h4-12H,1-3H3,(H2,24,28). The zero-order valence-electron chi connectivity index (χ0n) is 16.8. The van der Waals surface area contributed by atoms with Crippen molar-refractivity contribution in [3.8, 4) is 28.6 Å². The van der Waals surface area contributed by atoms with Gasteiger partial charge in [-0.05, 0) is 55.8 Å². The first kappa shape index (κ1) is 19.3. The molecule has 3 heterocycles. The van der Waals surface area contributed by atoms with Gasteiger partial charge in [0.15, 0.2) is 5.75 Å². The second kappa shape index (κ2) is 7.79. The van der Waals surface area contributed by atoms with Crippen molar-refractivity contribution < 1.29 is 14.3 Å². The van der Waals surface area contributed by atoms with Crippen LogP contribution in [0.25, 0.3) is 22.3 Å². The summed E-state index contributed by atoms with van der Waals surface area (Å²) in [5, 5.41) is 0.685. The number of rotatable bonds is 5. The number of aromatic nitrogens is 3. The topological polar surface area (TPSA) is 100 Å². The lowest BCUT2D eigenvalue weighted by Crippen LogP contribution is -2.12. The van der Waals surface area contributed by atoms with Gasteiger partial charge in [0.25, 0.3) is 5.91 Å². The molecule has 7 heteroatoms. The Balaban J connectivity index is 1.87. The van der Waals surface area contributed by atoms with E-state index in [0.717, 1.165) is 11.3 Å². The highest BCUT2D eigenvalue weighted by Gasteiger charge is 2.17. The van der Waals surface area contributed by atoms with Crippen LogP contribution in [0.15, 0.2) is 54.9 Å². The molecule has 0 fully saturated rings. The molecule has 150 valence electrons. The van der Waals surface area contributed by atoms with Gasteiger partial charge in [-0.15, -0.1) is 0 Å². The molecule has 0 saturated carbocycles. The molecule has 0 radical (unpaired) electrons. The lowest BCUT2D eigenvalue weighted by atomic mass is 10.1. The van der Waals surface area contributed by atoms with Gasteiger partial charge in [-0.2, -0.15) is 0 Å². The van der Waals surface area contributed by atoms with Gasteiger partial charge in [-0.3, -0.25) is 14.8 Å². The van der Waals surface area contributed by atoms with Crippen molar-refractivity contribution in [1.29, 1.82) is 0 Å². The Bertz CT molecular complexity index is 1260. The summed E-state index contributed by atoms with van der Waals surface area (Å²) in [4.78, 5) is 25.2. The summed E-state index contributed by atoms with van der Waals surface area (Å²) in [6.07, 6.45) is 3.33. The minimum atomic E-state index is -0.585. The van der Waals surface area contributed by atoms with E-state index in [2.05, 4.69) is 9.97 Å². The Hall–Kier alpha value is -4.00. The highest BCUT2D eigenvalue weighted by Crippen LogP contribution is 2.37. The molecule has 3 aromatic heterocycles. The van der Waals surface area contributed by atoms with Crippen LogP contribution >= 0.6 is 0 Å². The van der Waals surface area contributed by atoms with E-state index in [1.807, 2.05) is 38.1 Å². The Kier molecular flexibility index (Phi) is 5.02. The molecule has 4 aromatic rings. The minimum Gasteiger partial charge on any atom is -0.496 e. The molecule has 1 amide bonds. The summed E-state index contributed by atoms with van der Waals surface area (Å²) in [5.74, 6) is 0.896. The fraction of sp³-hybridized carbons (Fsp3) is 0.130. The van der Waals surface area contributed by atoms with E-state index < -0.39 is 5.91 Å². The molecule has 30 heavy (non-hydrogen) atoms. The van der Waals surface area contributed by atoms with Crippen LogP contribution in [0.1, 0.15) is 21.6 Å². The SMILES string of the molecule is COc1cc2c(Oc3cc(C)c(C)nc3-c3ccccn3)ccnc2cc1C(N)=O. The van der Waals surface area contributed by atoms with Gasteiger partial charge < -0.3 is 15.2 Å². The molecule has 0 atom stereocenters. The zero-order chi connectivity index (χ0) is 21.3. The predicted octanol–water partition coefficient (Wildman–Crippen LogP) is 4.21. The normalized spacial score (nSPS) is 10.8. The summed E-state index contributed by atoms with van der Waals surface area (Å²) < 4.78 is 11.6. The third kappa shape index (κ3) is 3.53. The van der Waals surface area contributed by atoms with Crippen LogP contribution in [-0.4, -0.2) is 28.0 Å². The molecule has 0 aliphatic heterocycles. The quantitative estimate of drug-likeness (QED) is 0.539. The third-order valence-electron chi connectivity index (χ3n) is 4.85. The van der Waals surface area contributed by atoms with Crippen LogP contribution < -0.4 is 15.2 Å². The van der Waals surface area contributed by atoms with Gasteiger partial charge in [-0.25, -0.2) is 4.98 Å². The van der Waals surface area contributed by atoms with Crippen molar-refractivity contribution >= 4 is 16.8 Å². The molecule has 7 nitrogen and oxygen atoms in total. The molecule has 0 spiro atoms. The first-order chi connectivity index (χ1) is 14.5. The van der Waals surface area contributed by atoms with E-state index in [1.54, 1.807) is 30.6 Å². The number of nitrogens with two attached hydrogens (primary N) is 1. The smallest absolute Gasteiger partial charge is 0.252 e. The zero-order valence-corrected chi connectivity index (χ0v) is 16.8. The number of benzene rings is 1. The van der Waals surface area contributed by atoms with Gasteiger partial charge in [0.1, 0.15) is 17.2 Å². The third-order valence-corrected chi connectivity index (χ3v) is 4.85. The Morgan fingerprint density at radius 3 is 2.50 bits per heavy atom. The largest absolute Gasteiger partial charge is 0.496 e. The van der Waals surface area contributed by atoms with Crippen LogP contribution in [-0.2, 0) is 0 Å². The van der Waals surface area contributed by atoms with Crippen LogP contribution in [0.4, 0.5) is 0 Å². The lowest BCUT2D eigenvalue weighted by molar-refractivity contribution is 0.0997. The maximum atomic E-state index is 11.7.